The maximum Gasteiger partial charge on any atom is 0.0532 e. The summed E-state index contributed by atoms with van der Waals surface area (Å²) < 4.78 is 0. The van der Waals surface area contributed by atoms with Crippen molar-refractivity contribution in [1.82, 2.24) is 0 Å². The van der Waals surface area contributed by atoms with Crippen molar-refractivity contribution in [3.8, 4) is 0 Å². The first-order valence-electron chi connectivity index (χ1n) is 6.49. The number of nitrogens with one attached hydrogen (secondary N) is 1. The zero-order chi connectivity index (χ0) is 13.1. The number of rotatable bonds is 3. The van der Waals surface area contributed by atoms with Gasteiger partial charge in [0.25, 0.3) is 0 Å². The molecule has 0 saturated heterocycles. The minimum atomic E-state index is 0.442. The second-order valence-corrected chi connectivity index (χ2v) is 6.62. The van der Waals surface area contributed by atoms with Crippen LogP contribution in [0.2, 0.25) is 0 Å². The average Bonchev–Trinajstić information content (AvgIpc) is 2.48. The van der Waals surface area contributed by atoms with E-state index in [4.69, 9.17) is 0 Å². The summed E-state index contributed by atoms with van der Waals surface area (Å²) in [6.45, 7) is 0. The molecular formula is C16H17NS2. The number of fused-ring (bicyclic) bond motifs is 1. The van der Waals surface area contributed by atoms with Crippen LogP contribution in [0.1, 0.15) is 18.0 Å². The van der Waals surface area contributed by atoms with Gasteiger partial charge in [-0.15, -0.1) is 23.5 Å². The van der Waals surface area contributed by atoms with Crippen molar-refractivity contribution in [3.63, 3.8) is 0 Å². The Morgan fingerprint density at radius 2 is 1.89 bits per heavy atom. The van der Waals surface area contributed by atoms with E-state index in [-0.39, 0.29) is 0 Å². The fraction of sp³-hybridized carbons (Fsp3) is 0.250. The fourth-order valence-corrected chi connectivity index (χ4v) is 3.91. The van der Waals surface area contributed by atoms with Gasteiger partial charge in [-0.25, -0.2) is 0 Å². The molecule has 19 heavy (non-hydrogen) atoms. The van der Waals surface area contributed by atoms with E-state index in [0.717, 1.165) is 0 Å². The molecule has 1 aliphatic rings. The summed E-state index contributed by atoms with van der Waals surface area (Å²) >= 11 is 3.75. The summed E-state index contributed by atoms with van der Waals surface area (Å²) in [4.78, 5) is 2.73. The summed E-state index contributed by atoms with van der Waals surface area (Å²) in [6.07, 6.45) is 3.29. The zero-order valence-corrected chi connectivity index (χ0v) is 12.6. The van der Waals surface area contributed by atoms with Crippen molar-refractivity contribution >= 4 is 29.2 Å². The summed E-state index contributed by atoms with van der Waals surface area (Å²) in [5.74, 6) is 1.19. The zero-order valence-electron chi connectivity index (χ0n) is 10.9. The van der Waals surface area contributed by atoms with Crippen LogP contribution in [0.3, 0.4) is 0 Å². The van der Waals surface area contributed by atoms with Gasteiger partial charge in [0, 0.05) is 21.2 Å². The summed E-state index contributed by atoms with van der Waals surface area (Å²) in [5, 5.41) is 3.67. The van der Waals surface area contributed by atoms with Crippen LogP contribution in [0.5, 0.6) is 0 Å². The Morgan fingerprint density at radius 1 is 1.11 bits per heavy atom. The van der Waals surface area contributed by atoms with E-state index in [1.807, 2.05) is 11.8 Å². The lowest BCUT2D eigenvalue weighted by atomic mass is 10.0. The Bertz CT molecular complexity index is 551. The quantitative estimate of drug-likeness (QED) is 0.793. The number of hydrogen-bond acceptors (Lipinski definition) is 3. The molecule has 3 rings (SSSR count). The van der Waals surface area contributed by atoms with Gasteiger partial charge in [0.05, 0.1) is 6.04 Å². The lowest BCUT2D eigenvalue weighted by molar-refractivity contribution is 0.728. The van der Waals surface area contributed by atoms with Crippen molar-refractivity contribution in [1.29, 1.82) is 0 Å². The first-order chi connectivity index (χ1) is 9.36. The van der Waals surface area contributed by atoms with Gasteiger partial charge >= 0.3 is 0 Å². The van der Waals surface area contributed by atoms with Gasteiger partial charge in [0.1, 0.15) is 0 Å². The topological polar surface area (TPSA) is 12.0 Å². The smallest absolute Gasteiger partial charge is 0.0532 e. The molecule has 3 heteroatoms. The van der Waals surface area contributed by atoms with E-state index in [1.54, 1.807) is 11.8 Å². The van der Waals surface area contributed by atoms with Gasteiger partial charge in [0.2, 0.25) is 0 Å². The third kappa shape index (κ3) is 2.93. The summed E-state index contributed by atoms with van der Waals surface area (Å²) in [5.41, 5.74) is 2.65. The average molecular weight is 287 g/mol. The molecule has 0 spiro atoms. The predicted octanol–water partition coefficient (Wildman–Crippen LogP) is 5.06. The van der Waals surface area contributed by atoms with Crippen molar-refractivity contribution in [2.24, 2.45) is 0 Å². The first-order valence-corrected chi connectivity index (χ1v) is 8.70. The van der Waals surface area contributed by atoms with Crippen LogP contribution < -0.4 is 5.32 Å². The van der Waals surface area contributed by atoms with E-state index in [1.165, 1.54) is 33.2 Å². The van der Waals surface area contributed by atoms with Crippen LogP contribution in [0.15, 0.2) is 58.3 Å². The summed E-state index contributed by atoms with van der Waals surface area (Å²) in [6, 6.07) is 17.9. The first kappa shape index (κ1) is 12.9. The largest absolute Gasteiger partial charge is 0.378 e. The van der Waals surface area contributed by atoms with Crippen LogP contribution in [0.25, 0.3) is 0 Å². The molecule has 0 amide bonds. The molecule has 0 radical (unpaired) electrons. The van der Waals surface area contributed by atoms with E-state index in [9.17, 15) is 0 Å². The minimum Gasteiger partial charge on any atom is -0.378 e. The third-order valence-electron chi connectivity index (χ3n) is 3.39. The number of benzene rings is 2. The fourth-order valence-electron chi connectivity index (χ4n) is 2.38. The van der Waals surface area contributed by atoms with Gasteiger partial charge in [-0.2, -0.15) is 0 Å². The van der Waals surface area contributed by atoms with E-state index in [2.05, 4.69) is 60.1 Å². The van der Waals surface area contributed by atoms with Gasteiger partial charge in [-0.1, -0.05) is 18.2 Å². The van der Waals surface area contributed by atoms with Crippen LogP contribution in [0.4, 0.5) is 5.69 Å². The molecule has 1 aliphatic heterocycles. The highest BCUT2D eigenvalue weighted by molar-refractivity contribution is 7.99. The Labute approximate surface area is 123 Å². The lowest BCUT2D eigenvalue weighted by Gasteiger charge is -2.26. The Balaban J connectivity index is 1.80. The van der Waals surface area contributed by atoms with Crippen LogP contribution in [0, 0.1) is 0 Å². The standard InChI is InChI=1S/C16H17NS2/c1-18-13-8-6-12(7-9-13)17-15-10-11-19-16-5-3-2-4-14(15)16/h2-9,15,17H,10-11H2,1H3. The predicted molar refractivity (Wildman–Crippen MR) is 86.4 cm³/mol. The number of hydrogen-bond donors (Lipinski definition) is 1. The maximum atomic E-state index is 3.67. The monoisotopic (exact) mass is 287 g/mol. The molecule has 0 fully saturated rings. The molecule has 2 aromatic rings. The molecule has 0 saturated carbocycles. The van der Waals surface area contributed by atoms with Crippen LogP contribution in [-0.2, 0) is 0 Å². The van der Waals surface area contributed by atoms with Gasteiger partial charge in [-0.3, -0.25) is 0 Å². The molecule has 98 valence electrons. The highest BCUT2D eigenvalue weighted by Crippen LogP contribution is 2.37. The normalized spacial score (nSPS) is 17.8. The third-order valence-corrected chi connectivity index (χ3v) is 5.26. The Morgan fingerprint density at radius 3 is 2.68 bits per heavy atom. The Kier molecular flexibility index (Phi) is 4.04. The maximum absolute atomic E-state index is 3.67. The van der Waals surface area contributed by atoms with Crippen LogP contribution in [-0.4, -0.2) is 12.0 Å². The van der Waals surface area contributed by atoms with Crippen molar-refractivity contribution in [3.05, 3.63) is 54.1 Å². The lowest BCUT2D eigenvalue weighted by Crippen LogP contribution is -2.15. The molecular weight excluding hydrogens is 270 g/mol. The van der Waals surface area contributed by atoms with Crippen LogP contribution >= 0.6 is 23.5 Å². The molecule has 1 heterocycles. The molecule has 1 nitrogen and oxygen atoms in total. The molecule has 1 N–H and O–H groups in total. The van der Waals surface area contributed by atoms with Gasteiger partial charge < -0.3 is 5.32 Å². The molecule has 1 unspecified atom stereocenters. The summed E-state index contributed by atoms with van der Waals surface area (Å²) in [7, 11) is 0. The molecule has 0 aromatic heterocycles. The number of thioether (sulfide) groups is 2. The van der Waals surface area contributed by atoms with Crippen molar-refractivity contribution in [2.45, 2.75) is 22.3 Å². The van der Waals surface area contributed by atoms with Crippen molar-refractivity contribution < 1.29 is 0 Å². The van der Waals surface area contributed by atoms with E-state index < -0.39 is 0 Å². The minimum absolute atomic E-state index is 0.442. The Hall–Kier alpha value is -1.06. The highest BCUT2D eigenvalue weighted by Gasteiger charge is 2.19. The molecule has 1 atom stereocenters. The van der Waals surface area contributed by atoms with Gasteiger partial charge in [-0.05, 0) is 48.6 Å². The van der Waals surface area contributed by atoms with Crippen molar-refractivity contribution in [2.75, 3.05) is 17.3 Å². The van der Waals surface area contributed by atoms with Gasteiger partial charge in [0.15, 0.2) is 0 Å². The SMILES string of the molecule is CSc1ccc(NC2CCSc3ccccc32)cc1. The second kappa shape index (κ2) is 5.93. The van der Waals surface area contributed by atoms with E-state index >= 15 is 0 Å². The second-order valence-electron chi connectivity index (χ2n) is 4.60. The molecule has 0 aliphatic carbocycles. The number of anilines is 1. The molecule has 2 aromatic carbocycles. The molecule has 0 bridgehead atoms. The highest BCUT2D eigenvalue weighted by atomic mass is 32.2. The van der Waals surface area contributed by atoms with E-state index in [0.29, 0.717) is 6.04 Å².